The highest BCUT2D eigenvalue weighted by molar-refractivity contribution is 5.79. The first kappa shape index (κ1) is 11.2. The van der Waals surface area contributed by atoms with Crippen LogP contribution in [0.5, 0.6) is 0 Å². The van der Waals surface area contributed by atoms with Gasteiger partial charge in [-0.25, -0.2) is 0 Å². The molecule has 0 aliphatic carbocycles. The Labute approximate surface area is 95.6 Å². The average Bonchev–Trinajstić information content (AvgIpc) is 2.79. The number of rotatable bonds is 4. The van der Waals surface area contributed by atoms with Crippen molar-refractivity contribution in [3.8, 4) is 0 Å². The van der Waals surface area contributed by atoms with E-state index in [4.69, 9.17) is 4.42 Å². The number of nitrogens with one attached hydrogen (secondary N) is 1. The van der Waals surface area contributed by atoms with Crippen molar-refractivity contribution in [2.45, 2.75) is 25.8 Å². The molecular weight excluding hydrogens is 204 g/mol. The highest BCUT2D eigenvalue weighted by atomic mass is 16.3. The maximum atomic E-state index is 11.6. The van der Waals surface area contributed by atoms with E-state index in [1.807, 2.05) is 17.0 Å². The lowest BCUT2D eigenvalue weighted by Crippen LogP contribution is -2.51. The van der Waals surface area contributed by atoms with Gasteiger partial charge in [0, 0.05) is 25.6 Å². The molecule has 0 aromatic carbocycles. The van der Waals surface area contributed by atoms with E-state index in [2.05, 4.69) is 12.2 Å². The largest absolute Gasteiger partial charge is 0.469 e. The molecule has 1 aliphatic heterocycles. The Bertz CT molecular complexity index is 335. The van der Waals surface area contributed by atoms with E-state index in [1.54, 1.807) is 6.26 Å². The van der Waals surface area contributed by atoms with E-state index in [1.165, 1.54) is 0 Å². The van der Waals surface area contributed by atoms with Gasteiger partial charge in [0.05, 0.1) is 12.8 Å². The monoisotopic (exact) mass is 222 g/mol. The fourth-order valence-electron chi connectivity index (χ4n) is 2.05. The van der Waals surface area contributed by atoms with Crippen molar-refractivity contribution in [2.24, 2.45) is 0 Å². The Morgan fingerprint density at radius 3 is 3.19 bits per heavy atom. The molecule has 1 fully saturated rings. The second-order valence-electron chi connectivity index (χ2n) is 4.23. The second kappa shape index (κ2) is 5.16. The Hall–Kier alpha value is -1.29. The maximum Gasteiger partial charge on any atom is 0.236 e. The minimum atomic E-state index is 0.207. The summed E-state index contributed by atoms with van der Waals surface area (Å²) in [4.78, 5) is 13.6. The molecule has 1 amide bonds. The van der Waals surface area contributed by atoms with Crippen molar-refractivity contribution >= 4 is 5.91 Å². The molecule has 2 heterocycles. The summed E-state index contributed by atoms with van der Waals surface area (Å²) in [5, 5.41) is 3.08. The van der Waals surface area contributed by atoms with Gasteiger partial charge in [0.25, 0.3) is 0 Å². The molecule has 1 saturated heterocycles. The Morgan fingerprint density at radius 2 is 2.50 bits per heavy atom. The van der Waals surface area contributed by atoms with Crippen molar-refractivity contribution in [3.05, 3.63) is 24.2 Å². The van der Waals surface area contributed by atoms with Crippen LogP contribution in [-0.2, 0) is 11.2 Å². The van der Waals surface area contributed by atoms with Gasteiger partial charge in [0.2, 0.25) is 5.91 Å². The number of carbonyl (C=O) groups excluding carboxylic acids is 1. The number of hydrogen-bond acceptors (Lipinski definition) is 3. The molecule has 16 heavy (non-hydrogen) atoms. The van der Waals surface area contributed by atoms with Crippen LogP contribution in [0.1, 0.15) is 19.1 Å². The van der Waals surface area contributed by atoms with Gasteiger partial charge in [-0.3, -0.25) is 4.79 Å². The van der Waals surface area contributed by atoms with Crippen LogP contribution < -0.4 is 5.32 Å². The number of nitrogens with zero attached hydrogens (tertiary/aromatic N) is 1. The van der Waals surface area contributed by atoms with E-state index in [0.717, 1.165) is 31.7 Å². The summed E-state index contributed by atoms with van der Waals surface area (Å²) in [7, 11) is 0. The van der Waals surface area contributed by atoms with Gasteiger partial charge in [0.1, 0.15) is 5.76 Å². The fourth-order valence-corrected chi connectivity index (χ4v) is 2.05. The molecule has 2 rings (SSSR count). The highest BCUT2D eigenvalue weighted by Gasteiger charge is 2.22. The third kappa shape index (κ3) is 2.64. The van der Waals surface area contributed by atoms with E-state index < -0.39 is 0 Å². The van der Waals surface area contributed by atoms with Crippen molar-refractivity contribution in [3.63, 3.8) is 0 Å². The SMILES string of the molecule is CC(CCc1ccco1)N1CCNCC1=O. The number of hydrogen-bond donors (Lipinski definition) is 1. The minimum Gasteiger partial charge on any atom is -0.469 e. The summed E-state index contributed by atoms with van der Waals surface area (Å²) in [6.07, 6.45) is 3.54. The first-order valence-electron chi connectivity index (χ1n) is 5.80. The van der Waals surface area contributed by atoms with Gasteiger partial charge in [0.15, 0.2) is 0 Å². The predicted molar refractivity (Wildman–Crippen MR) is 61.1 cm³/mol. The minimum absolute atomic E-state index is 0.207. The van der Waals surface area contributed by atoms with Gasteiger partial charge in [-0.1, -0.05) is 0 Å². The van der Waals surface area contributed by atoms with Crippen LogP contribution in [0.3, 0.4) is 0 Å². The molecule has 0 radical (unpaired) electrons. The van der Waals surface area contributed by atoms with Crippen molar-refractivity contribution in [1.82, 2.24) is 10.2 Å². The molecule has 1 aromatic rings. The summed E-state index contributed by atoms with van der Waals surface area (Å²) in [5.74, 6) is 1.20. The molecule has 0 spiro atoms. The summed E-state index contributed by atoms with van der Waals surface area (Å²) >= 11 is 0. The Kier molecular flexibility index (Phi) is 3.62. The molecule has 1 atom stereocenters. The average molecular weight is 222 g/mol. The first-order chi connectivity index (χ1) is 7.77. The molecule has 88 valence electrons. The smallest absolute Gasteiger partial charge is 0.236 e. The summed E-state index contributed by atoms with van der Waals surface area (Å²) < 4.78 is 5.28. The lowest BCUT2D eigenvalue weighted by Gasteiger charge is -2.32. The third-order valence-corrected chi connectivity index (χ3v) is 3.05. The second-order valence-corrected chi connectivity index (χ2v) is 4.23. The molecule has 1 aromatic heterocycles. The van der Waals surface area contributed by atoms with Crippen LogP contribution >= 0.6 is 0 Å². The van der Waals surface area contributed by atoms with Gasteiger partial charge < -0.3 is 14.6 Å². The maximum absolute atomic E-state index is 11.6. The van der Waals surface area contributed by atoms with Crippen LogP contribution in [-0.4, -0.2) is 36.5 Å². The van der Waals surface area contributed by atoms with Crippen molar-refractivity contribution in [2.75, 3.05) is 19.6 Å². The fraction of sp³-hybridized carbons (Fsp3) is 0.583. The number of furan rings is 1. The third-order valence-electron chi connectivity index (χ3n) is 3.05. The van der Waals surface area contributed by atoms with Crippen LogP contribution in [0.15, 0.2) is 22.8 Å². The molecule has 4 heteroatoms. The topological polar surface area (TPSA) is 45.5 Å². The zero-order valence-electron chi connectivity index (χ0n) is 9.61. The normalized spacial score (nSPS) is 18.8. The molecule has 1 aliphatic rings. The van der Waals surface area contributed by atoms with Gasteiger partial charge in [-0.05, 0) is 25.5 Å². The highest BCUT2D eigenvalue weighted by Crippen LogP contribution is 2.11. The standard InChI is InChI=1S/C12H18N2O2/c1-10(4-5-11-3-2-8-16-11)14-7-6-13-9-12(14)15/h2-3,8,10,13H,4-7,9H2,1H3. The molecule has 1 unspecified atom stereocenters. The lowest BCUT2D eigenvalue weighted by atomic mass is 10.1. The van der Waals surface area contributed by atoms with Gasteiger partial charge >= 0.3 is 0 Å². The van der Waals surface area contributed by atoms with Crippen molar-refractivity contribution in [1.29, 1.82) is 0 Å². The molecular formula is C12H18N2O2. The molecule has 0 saturated carbocycles. The van der Waals surface area contributed by atoms with E-state index in [9.17, 15) is 4.79 Å². The summed E-state index contributed by atoms with van der Waals surface area (Å²) in [6.45, 7) is 4.30. The van der Waals surface area contributed by atoms with Crippen LogP contribution in [0, 0.1) is 0 Å². The number of amides is 1. The van der Waals surface area contributed by atoms with Crippen LogP contribution in [0.2, 0.25) is 0 Å². The zero-order valence-corrected chi connectivity index (χ0v) is 9.61. The molecule has 4 nitrogen and oxygen atoms in total. The van der Waals surface area contributed by atoms with Gasteiger partial charge in [-0.2, -0.15) is 0 Å². The predicted octanol–water partition coefficient (Wildman–Crippen LogP) is 1.03. The first-order valence-corrected chi connectivity index (χ1v) is 5.80. The number of piperazine rings is 1. The van der Waals surface area contributed by atoms with E-state index in [0.29, 0.717) is 12.6 Å². The quantitative estimate of drug-likeness (QED) is 0.827. The van der Waals surface area contributed by atoms with Crippen LogP contribution in [0.25, 0.3) is 0 Å². The molecule has 0 bridgehead atoms. The Balaban J connectivity index is 1.82. The lowest BCUT2D eigenvalue weighted by molar-refractivity contribution is -0.134. The van der Waals surface area contributed by atoms with Crippen LogP contribution in [0.4, 0.5) is 0 Å². The summed E-state index contributed by atoms with van der Waals surface area (Å²) in [5.41, 5.74) is 0. The van der Waals surface area contributed by atoms with Gasteiger partial charge in [-0.15, -0.1) is 0 Å². The molecule has 1 N–H and O–H groups in total. The van der Waals surface area contributed by atoms with E-state index >= 15 is 0 Å². The Morgan fingerprint density at radius 1 is 1.62 bits per heavy atom. The number of aryl methyl sites for hydroxylation is 1. The number of carbonyl (C=O) groups is 1. The van der Waals surface area contributed by atoms with Crippen molar-refractivity contribution < 1.29 is 9.21 Å². The zero-order chi connectivity index (χ0) is 11.4. The van der Waals surface area contributed by atoms with E-state index in [-0.39, 0.29) is 5.91 Å². The summed E-state index contributed by atoms with van der Waals surface area (Å²) in [6, 6.07) is 4.17.